The molecule has 1 amide bonds. The first kappa shape index (κ1) is 13.6. The first-order chi connectivity index (χ1) is 9.31. The maximum atomic E-state index is 12.0. The lowest BCUT2D eigenvalue weighted by atomic mass is 10.1. The molecule has 19 heavy (non-hydrogen) atoms. The van der Waals surface area contributed by atoms with Gasteiger partial charge in [0.05, 0.1) is 25.9 Å². The third-order valence-corrected chi connectivity index (χ3v) is 3.14. The Morgan fingerprint density at radius 2 is 2.26 bits per heavy atom. The van der Waals surface area contributed by atoms with E-state index in [0.29, 0.717) is 24.5 Å². The van der Waals surface area contributed by atoms with Gasteiger partial charge < -0.3 is 14.8 Å². The average molecular weight is 261 g/mol. The van der Waals surface area contributed by atoms with Crippen LogP contribution in [0.4, 0.5) is 0 Å². The summed E-state index contributed by atoms with van der Waals surface area (Å²) in [4.78, 5) is 12.0. The maximum Gasteiger partial charge on any atom is 0.255 e. The molecule has 1 aromatic rings. The van der Waals surface area contributed by atoms with Crippen LogP contribution in [0.25, 0.3) is 0 Å². The Balaban J connectivity index is 1.85. The van der Waals surface area contributed by atoms with Gasteiger partial charge in [-0.2, -0.15) is 0 Å². The number of amides is 1. The maximum absolute atomic E-state index is 12.0. The highest BCUT2D eigenvalue weighted by atomic mass is 16.5. The minimum Gasteiger partial charge on any atom is -0.496 e. The van der Waals surface area contributed by atoms with Gasteiger partial charge in [0.15, 0.2) is 0 Å². The summed E-state index contributed by atoms with van der Waals surface area (Å²) in [7, 11) is 1.57. The zero-order valence-corrected chi connectivity index (χ0v) is 11.1. The van der Waals surface area contributed by atoms with Crippen molar-refractivity contribution >= 4 is 5.91 Å². The van der Waals surface area contributed by atoms with Crippen molar-refractivity contribution in [1.82, 2.24) is 5.32 Å². The van der Waals surface area contributed by atoms with Gasteiger partial charge in [0.25, 0.3) is 5.91 Å². The predicted molar refractivity (Wildman–Crippen MR) is 73.5 cm³/mol. The molecule has 4 nitrogen and oxygen atoms in total. The fraction of sp³-hybridized carbons (Fsp3) is 0.400. The first-order valence-electron chi connectivity index (χ1n) is 6.48. The molecule has 0 aliphatic carbocycles. The second kappa shape index (κ2) is 6.95. The number of methoxy groups -OCH3 is 1. The van der Waals surface area contributed by atoms with Crippen LogP contribution >= 0.6 is 0 Å². The number of hydrogen-bond acceptors (Lipinski definition) is 3. The van der Waals surface area contributed by atoms with Crippen LogP contribution in [0.2, 0.25) is 0 Å². The number of hydrogen-bond donors (Lipinski definition) is 1. The molecular formula is C15H19NO3. The van der Waals surface area contributed by atoms with E-state index < -0.39 is 0 Å². The van der Waals surface area contributed by atoms with Crippen LogP contribution in [0.1, 0.15) is 23.2 Å². The number of para-hydroxylation sites is 1. The fourth-order valence-corrected chi connectivity index (χ4v) is 2.06. The molecular weight excluding hydrogens is 242 g/mol. The average Bonchev–Trinajstić information content (AvgIpc) is 2.48. The van der Waals surface area contributed by atoms with Crippen molar-refractivity contribution in [2.24, 2.45) is 0 Å². The second-order valence-corrected chi connectivity index (χ2v) is 4.39. The van der Waals surface area contributed by atoms with Crippen molar-refractivity contribution in [3.63, 3.8) is 0 Å². The van der Waals surface area contributed by atoms with E-state index in [1.165, 1.54) is 5.57 Å². The number of carbonyl (C=O) groups is 1. The number of rotatable bonds is 5. The number of ether oxygens (including phenoxy) is 2. The Bertz CT molecular complexity index is 468. The Kier molecular flexibility index (Phi) is 4.98. The summed E-state index contributed by atoms with van der Waals surface area (Å²) >= 11 is 0. The molecule has 102 valence electrons. The SMILES string of the molecule is COc1ccccc1C(=O)NCCC1=CCOCC1. The molecule has 0 bridgehead atoms. The van der Waals surface area contributed by atoms with Crippen LogP contribution < -0.4 is 10.1 Å². The van der Waals surface area contributed by atoms with E-state index in [4.69, 9.17) is 9.47 Å². The van der Waals surface area contributed by atoms with Crippen molar-refractivity contribution in [3.8, 4) is 5.75 Å². The van der Waals surface area contributed by atoms with Gasteiger partial charge in [-0.25, -0.2) is 0 Å². The number of carbonyl (C=O) groups excluding carboxylic acids is 1. The molecule has 4 heteroatoms. The highest BCUT2D eigenvalue weighted by Gasteiger charge is 2.11. The molecule has 1 N–H and O–H groups in total. The molecule has 0 atom stereocenters. The van der Waals surface area contributed by atoms with Crippen LogP contribution in [-0.4, -0.2) is 32.8 Å². The zero-order valence-electron chi connectivity index (χ0n) is 11.1. The molecule has 2 rings (SSSR count). The van der Waals surface area contributed by atoms with E-state index in [1.54, 1.807) is 19.2 Å². The minimum atomic E-state index is -0.0925. The summed E-state index contributed by atoms with van der Waals surface area (Å²) < 4.78 is 10.4. The third kappa shape index (κ3) is 3.83. The van der Waals surface area contributed by atoms with Gasteiger partial charge in [-0.3, -0.25) is 4.79 Å². The lowest BCUT2D eigenvalue weighted by Crippen LogP contribution is -2.25. The van der Waals surface area contributed by atoms with Crippen LogP contribution in [-0.2, 0) is 4.74 Å². The van der Waals surface area contributed by atoms with Crippen molar-refractivity contribution in [2.45, 2.75) is 12.8 Å². The van der Waals surface area contributed by atoms with Gasteiger partial charge in [0, 0.05) is 6.54 Å². The summed E-state index contributed by atoms with van der Waals surface area (Å²) in [5.41, 5.74) is 1.93. The molecule has 0 aromatic heterocycles. The molecule has 0 fully saturated rings. The number of nitrogens with one attached hydrogen (secondary N) is 1. The zero-order chi connectivity index (χ0) is 13.5. The molecule has 0 unspecified atom stereocenters. The van der Waals surface area contributed by atoms with Gasteiger partial charge in [-0.1, -0.05) is 23.8 Å². The van der Waals surface area contributed by atoms with Crippen molar-refractivity contribution in [3.05, 3.63) is 41.5 Å². The van der Waals surface area contributed by atoms with E-state index in [0.717, 1.165) is 19.4 Å². The number of benzene rings is 1. The molecule has 0 saturated carbocycles. The summed E-state index contributed by atoms with van der Waals surface area (Å²) in [6, 6.07) is 7.23. The first-order valence-corrected chi connectivity index (χ1v) is 6.48. The normalized spacial score (nSPS) is 14.7. The van der Waals surface area contributed by atoms with Crippen molar-refractivity contribution < 1.29 is 14.3 Å². The van der Waals surface area contributed by atoms with Gasteiger partial charge in [0.2, 0.25) is 0 Å². The lowest BCUT2D eigenvalue weighted by Gasteiger charge is -2.14. The lowest BCUT2D eigenvalue weighted by molar-refractivity contribution is 0.0950. The molecule has 1 aliphatic heterocycles. The summed E-state index contributed by atoms with van der Waals surface area (Å²) in [5, 5.41) is 2.92. The van der Waals surface area contributed by atoms with E-state index in [2.05, 4.69) is 11.4 Å². The topological polar surface area (TPSA) is 47.6 Å². The third-order valence-electron chi connectivity index (χ3n) is 3.14. The predicted octanol–water partition coefficient (Wildman–Crippen LogP) is 2.16. The largest absolute Gasteiger partial charge is 0.496 e. The molecule has 1 heterocycles. The Labute approximate surface area is 113 Å². The van der Waals surface area contributed by atoms with Crippen LogP contribution in [0.5, 0.6) is 5.75 Å². The quantitative estimate of drug-likeness (QED) is 0.826. The molecule has 0 radical (unpaired) electrons. The van der Waals surface area contributed by atoms with Gasteiger partial charge in [-0.15, -0.1) is 0 Å². The Morgan fingerprint density at radius 3 is 3.00 bits per heavy atom. The fourth-order valence-electron chi connectivity index (χ4n) is 2.06. The van der Waals surface area contributed by atoms with E-state index in [1.807, 2.05) is 12.1 Å². The summed E-state index contributed by atoms with van der Waals surface area (Å²) in [5.74, 6) is 0.510. The summed E-state index contributed by atoms with van der Waals surface area (Å²) in [6.07, 6.45) is 3.94. The van der Waals surface area contributed by atoms with Crippen LogP contribution in [0.3, 0.4) is 0 Å². The highest BCUT2D eigenvalue weighted by Crippen LogP contribution is 2.17. The van der Waals surface area contributed by atoms with Gasteiger partial charge >= 0.3 is 0 Å². The van der Waals surface area contributed by atoms with E-state index >= 15 is 0 Å². The van der Waals surface area contributed by atoms with Crippen molar-refractivity contribution in [1.29, 1.82) is 0 Å². The van der Waals surface area contributed by atoms with Crippen LogP contribution in [0.15, 0.2) is 35.9 Å². The molecule has 1 aliphatic rings. The van der Waals surface area contributed by atoms with Gasteiger partial charge in [0.1, 0.15) is 5.75 Å². The standard InChI is InChI=1S/C15H19NO3/c1-18-14-5-3-2-4-13(14)15(17)16-9-6-12-7-10-19-11-8-12/h2-5,7H,6,8-11H2,1H3,(H,16,17). The van der Waals surface area contributed by atoms with E-state index in [-0.39, 0.29) is 5.91 Å². The molecule has 0 saturated heterocycles. The Morgan fingerprint density at radius 1 is 1.42 bits per heavy atom. The highest BCUT2D eigenvalue weighted by molar-refractivity contribution is 5.96. The molecule has 0 spiro atoms. The van der Waals surface area contributed by atoms with Crippen molar-refractivity contribution in [2.75, 3.05) is 26.9 Å². The smallest absolute Gasteiger partial charge is 0.255 e. The monoisotopic (exact) mass is 261 g/mol. The summed E-state index contributed by atoms with van der Waals surface area (Å²) in [6.45, 7) is 2.12. The minimum absolute atomic E-state index is 0.0925. The Hall–Kier alpha value is -1.81. The molecule has 1 aromatic carbocycles. The van der Waals surface area contributed by atoms with E-state index in [9.17, 15) is 4.79 Å². The second-order valence-electron chi connectivity index (χ2n) is 4.39. The van der Waals surface area contributed by atoms with Crippen LogP contribution in [0, 0.1) is 0 Å². The van der Waals surface area contributed by atoms with Gasteiger partial charge in [-0.05, 0) is 25.0 Å².